The molecule has 5 nitrogen and oxygen atoms in total. The van der Waals surface area contributed by atoms with E-state index < -0.39 is 0 Å². The van der Waals surface area contributed by atoms with Gasteiger partial charge in [-0.05, 0) is 6.92 Å². The van der Waals surface area contributed by atoms with Crippen molar-refractivity contribution in [1.82, 2.24) is 19.3 Å². The lowest BCUT2D eigenvalue weighted by Gasteiger charge is -2.03. The van der Waals surface area contributed by atoms with Gasteiger partial charge in [0.15, 0.2) is 12.1 Å². The summed E-state index contributed by atoms with van der Waals surface area (Å²) >= 11 is 6.10. The maximum atomic E-state index is 10.7. The minimum Gasteiger partial charge on any atom is -0.324 e. The highest BCUT2D eigenvalue weighted by molar-refractivity contribution is 6.30. The minimum absolute atomic E-state index is 0.388. The zero-order valence-electron chi connectivity index (χ0n) is 9.01. The van der Waals surface area contributed by atoms with Crippen LogP contribution in [0.1, 0.15) is 21.9 Å². The average Bonchev–Trinajstić information content (AvgIpc) is 2.79. The van der Waals surface area contributed by atoms with Crippen LogP contribution in [0.2, 0.25) is 5.15 Å². The van der Waals surface area contributed by atoms with E-state index in [1.807, 2.05) is 6.92 Å². The molecule has 2 aromatic heterocycles. The number of carbonyl (C=O) groups excluding carboxylic acids is 1. The molecule has 0 N–H and O–H groups in total. The van der Waals surface area contributed by atoms with Gasteiger partial charge in [-0.3, -0.25) is 9.48 Å². The number of hydrogen-bond donors (Lipinski definition) is 0. The van der Waals surface area contributed by atoms with Crippen LogP contribution in [-0.4, -0.2) is 25.6 Å². The molecule has 84 valence electrons. The van der Waals surface area contributed by atoms with Crippen LogP contribution in [0.25, 0.3) is 0 Å². The van der Waals surface area contributed by atoms with Crippen molar-refractivity contribution in [2.45, 2.75) is 13.5 Å². The van der Waals surface area contributed by atoms with E-state index in [0.717, 1.165) is 17.5 Å². The van der Waals surface area contributed by atoms with Gasteiger partial charge in [-0.2, -0.15) is 5.10 Å². The van der Waals surface area contributed by atoms with Crippen molar-refractivity contribution in [3.05, 3.63) is 34.6 Å². The molecule has 0 aromatic carbocycles. The van der Waals surface area contributed by atoms with Crippen molar-refractivity contribution in [2.24, 2.45) is 7.05 Å². The van der Waals surface area contributed by atoms with Gasteiger partial charge in [0.1, 0.15) is 5.15 Å². The Morgan fingerprint density at radius 2 is 2.31 bits per heavy atom. The first-order valence-electron chi connectivity index (χ1n) is 4.77. The highest BCUT2D eigenvalue weighted by Gasteiger charge is 2.12. The number of halogens is 1. The number of nitrogens with zero attached hydrogens (tertiary/aromatic N) is 4. The Balaban J connectivity index is 2.37. The summed E-state index contributed by atoms with van der Waals surface area (Å²) in [5.41, 5.74) is 1.77. The Bertz CT molecular complexity index is 529. The van der Waals surface area contributed by atoms with Crippen LogP contribution in [0.4, 0.5) is 0 Å². The number of aryl methyl sites for hydroxylation is 2. The molecular formula is C10H11ClN4O. The second-order valence-electron chi connectivity index (χ2n) is 3.51. The van der Waals surface area contributed by atoms with E-state index in [0.29, 0.717) is 17.5 Å². The smallest absolute Gasteiger partial charge is 0.185 e. The first-order valence-corrected chi connectivity index (χ1v) is 5.15. The Labute approximate surface area is 97.7 Å². The zero-order valence-corrected chi connectivity index (χ0v) is 9.77. The summed E-state index contributed by atoms with van der Waals surface area (Å²) in [6, 6.07) is 0. The number of hydrogen-bond acceptors (Lipinski definition) is 3. The Kier molecular flexibility index (Phi) is 2.78. The van der Waals surface area contributed by atoms with Gasteiger partial charge < -0.3 is 4.57 Å². The Morgan fingerprint density at radius 1 is 1.56 bits per heavy atom. The molecule has 0 aliphatic heterocycles. The molecule has 2 aromatic rings. The van der Waals surface area contributed by atoms with Crippen molar-refractivity contribution >= 4 is 17.9 Å². The van der Waals surface area contributed by atoms with E-state index in [1.165, 1.54) is 0 Å². The lowest BCUT2D eigenvalue weighted by atomic mass is 10.2. The summed E-state index contributed by atoms with van der Waals surface area (Å²) in [7, 11) is 1.79. The molecule has 0 spiro atoms. The normalized spacial score (nSPS) is 10.7. The standard InChI is InChI=1S/C10H11ClN4O/c1-7-8(10(11)14(2)13-7)5-15-4-3-12-9(15)6-16/h3-4,6H,5H2,1-2H3. The van der Waals surface area contributed by atoms with Gasteiger partial charge in [-0.25, -0.2) is 4.98 Å². The van der Waals surface area contributed by atoms with Crippen molar-refractivity contribution in [3.63, 3.8) is 0 Å². The molecule has 0 aliphatic carbocycles. The van der Waals surface area contributed by atoms with Crippen LogP contribution in [0.5, 0.6) is 0 Å². The average molecular weight is 239 g/mol. The molecule has 0 saturated carbocycles. The number of aromatic nitrogens is 4. The maximum absolute atomic E-state index is 10.7. The molecule has 0 unspecified atom stereocenters. The number of aldehydes is 1. The highest BCUT2D eigenvalue weighted by Crippen LogP contribution is 2.19. The fourth-order valence-corrected chi connectivity index (χ4v) is 1.83. The van der Waals surface area contributed by atoms with Crippen LogP contribution in [0.3, 0.4) is 0 Å². The molecule has 16 heavy (non-hydrogen) atoms. The lowest BCUT2D eigenvalue weighted by Crippen LogP contribution is -2.04. The summed E-state index contributed by atoms with van der Waals surface area (Å²) in [4.78, 5) is 14.6. The SMILES string of the molecule is Cc1nn(C)c(Cl)c1Cn1ccnc1C=O. The molecule has 6 heteroatoms. The number of rotatable bonds is 3. The molecule has 2 heterocycles. The third kappa shape index (κ3) is 1.74. The van der Waals surface area contributed by atoms with E-state index in [2.05, 4.69) is 10.1 Å². The molecular weight excluding hydrogens is 228 g/mol. The van der Waals surface area contributed by atoms with E-state index in [4.69, 9.17) is 11.6 Å². The van der Waals surface area contributed by atoms with Gasteiger partial charge in [0.05, 0.1) is 12.2 Å². The van der Waals surface area contributed by atoms with Crippen LogP contribution in [0, 0.1) is 6.92 Å². The summed E-state index contributed by atoms with van der Waals surface area (Å²) in [5.74, 6) is 0.388. The van der Waals surface area contributed by atoms with E-state index in [-0.39, 0.29) is 0 Å². The Hall–Kier alpha value is -1.62. The van der Waals surface area contributed by atoms with Gasteiger partial charge in [0, 0.05) is 25.0 Å². The third-order valence-corrected chi connectivity index (χ3v) is 2.92. The quantitative estimate of drug-likeness (QED) is 0.761. The van der Waals surface area contributed by atoms with Crippen LogP contribution in [0.15, 0.2) is 12.4 Å². The summed E-state index contributed by atoms with van der Waals surface area (Å²) in [6.45, 7) is 2.39. The molecule has 2 rings (SSSR count). The van der Waals surface area contributed by atoms with Crippen molar-refractivity contribution in [3.8, 4) is 0 Å². The van der Waals surface area contributed by atoms with Gasteiger partial charge in [-0.15, -0.1) is 0 Å². The second-order valence-corrected chi connectivity index (χ2v) is 3.87. The summed E-state index contributed by atoms with van der Waals surface area (Å²) in [6.07, 6.45) is 4.05. The number of carbonyl (C=O) groups is 1. The van der Waals surface area contributed by atoms with E-state index >= 15 is 0 Å². The fourth-order valence-electron chi connectivity index (χ4n) is 1.60. The summed E-state index contributed by atoms with van der Waals surface area (Å²) < 4.78 is 3.35. The monoisotopic (exact) mass is 238 g/mol. The third-order valence-electron chi connectivity index (χ3n) is 2.45. The topological polar surface area (TPSA) is 52.7 Å². The predicted octanol–water partition coefficient (Wildman–Crippen LogP) is 1.44. The molecule has 0 amide bonds. The molecule has 0 bridgehead atoms. The molecule has 0 radical (unpaired) electrons. The van der Waals surface area contributed by atoms with Crippen molar-refractivity contribution in [2.75, 3.05) is 0 Å². The number of imidazole rings is 1. The van der Waals surface area contributed by atoms with Gasteiger partial charge in [0.25, 0.3) is 0 Å². The molecule has 0 aliphatic rings. The zero-order chi connectivity index (χ0) is 11.7. The van der Waals surface area contributed by atoms with E-state index in [9.17, 15) is 4.79 Å². The largest absolute Gasteiger partial charge is 0.324 e. The van der Waals surface area contributed by atoms with Gasteiger partial charge >= 0.3 is 0 Å². The van der Waals surface area contributed by atoms with Gasteiger partial charge in [-0.1, -0.05) is 11.6 Å². The maximum Gasteiger partial charge on any atom is 0.185 e. The minimum atomic E-state index is 0.388. The fraction of sp³-hybridized carbons (Fsp3) is 0.300. The first-order chi connectivity index (χ1) is 7.63. The molecule has 0 atom stereocenters. The first kappa shape index (κ1) is 10.9. The van der Waals surface area contributed by atoms with Crippen LogP contribution in [-0.2, 0) is 13.6 Å². The Morgan fingerprint density at radius 3 is 2.88 bits per heavy atom. The summed E-state index contributed by atoms with van der Waals surface area (Å²) in [5, 5.41) is 4.80. The molecule has 0 fully saturated rings. The predicted molar refractivity (Wildman–Crippen MR) is 59.7 cm³/mol. The lowest BCUT2D eigenvalue weighted by molar-refractivity contribution is 0.111. The van der Waals surface area contributed by atoms with Crippen molar-refractivity contribution in [1.29, 1.82) is 0 Å². The van der Waals surface area contributed by atoms with Crippen molar-refractivity contribution < 1.29 is 4.79 Å². The van der Waals surface area contributed by atoms with Gasteiger partial charge in [0.2, 0.25) is 0 Å². The van der Waals surface area contributed by atoms with E-state index in [1.54, 1.807) is 28.7 Å². The highest BCUT2D eigenvalue weighted by atomic mass is 35.5. The van der Waals surface area contributed by atoms with Crippen LogP contribution >= 0.6 is 11.6 Å². The second kappa shape index (κ2) is 4.09. The van der Waals surface area contributed by atoms with Crippen LogP contribution < -0.4 is 0 Å². The molecule has 0 saturated heterocycles.